The number of hydrogen-bond donors (Lipinski definition) is 1. The molecular weight excluding hydrogens is 402 g/mol. The van der Waals surface area contributed by atoms with E-state index in [2.05, 4.69) is 31.0 Å². The highest BCUT2D eigenvalue weighted by Gasteiger charge is 2.20. The molecule has 32 heavy (non-hydrogen) atoms. The van der Waals surface area contributed by atoms with Gasteiger partial charge in [-0.2, -0.15) is 0 Å². The SMILES string of the molecule is CCCC(=O)N1CCN(c2ccc(NC(=O)COc3ccc(C(C)(C)C)cc3)cc2)CC1. The summed E-state index contributed by atoms with van der Waals surface area (Å²) >= 11 is 0. The molecule has 1 aliphatic heterocycles. The minimum Gasteiger partial charge on any atom is -0.484 e. The number of piperazine rings is 1. The van der Waals surface area contributed by atoms with E-state index in [1.165, 1.54) is 5.56 Å². The number of rotatable bonds is 7. The van der Waals surface area contributed by atoms with Gasteiger partial charge in [0, 0.05) is 44.0 Å². The summed E-state index contributed by atoms with van der Waals surface area (Å²) in [6.45, 7) is 11.6. The first-order chi connectivity index (χ1) is 15.3. The van der Waals surface area contributed by atoms with Crippen molar-refractivity contribution in [2.45, 2.75) is 46.0 Å². The molecular formula is C26H35N3O3. The standard InChI is InChI=1S/C26H35N3O3/c1-5-6-25(31)29-17-15-28(16-18-29)22-11-9-21(10-12-22)27-24(30)19-32-23-13-7-20(8-14-23)26(2,3)4/h7-14H,5-6,15-19H2,1-4H3,(H,27,30). The number of hydrogen-bond acceptors (Lipinski definition) is 4. The number of nitrogens with one attached hydrogen (secondary N) is 1. The predicted molar refractivity (Wildman–Crippen MR) is 129 cm³/mol. The average Bonchev–Trinajstić information content (AvgIpc) is 2.78. The Morgan fingerprint density at radius 2 is 1.56 bits per heavy atom. The molecule has 3 rings (SSSR count). The van der Waals surface area contributed by atoms with Gasteiger partial charge >= 0.3 is 0 Å². The zero-order valence-corrected chi connectivity index (χ0v) is 19.7. The number of carbonyl (C=O) groups is 2. The Hall–Kier alpha value is -3.02. The number of anilines is 2. The molecule has 2 aromatic rings. The van der Waals surface area contributed by atoms with Gasteiger partial charge in [0.1, 0.15) is 5.75 Å². The van der Waals surface area contributed by atoms with Crippen LogP contribution in [0.1, 0.15) is 46.1 Å². The van der Waals surface area contributed by atoms with Crippen molar-refractivity contribution in [1.82, 2.24) is 4.90 Å². The van der Waals surface area contributed by atoms with Crippen LogP contribution in [0.3, 0.4) is 0 Å². The molecule has 1 N–H and O–H groups in total. The molecule has 1 heterocycles. The van der Waals surface area contributed by atoms with Gasteiger partial charge in [-0.3, -0.25) is 9.59 Å². The Morgan fingerprint density at radius 3 is 2.12 bits per heavy atom. The minimum atomic E-state index is -0.194. The average molecular weight is 438 g/mol. The molecule has 2 aromatic carbocycles. The fraction of sp³-hybridized carbons (Fsp3) is 0.462. The van der Waals surface area contributed by atoms with E-state index in [4.69, 9.17) is 4.74 Å². The van der Waals surface area contributed by atoms with Crippen LogP contribution in [0.2, 0.25) is 0 Å². The summed E-state index contributed by atoms with van der Waals surface area (Å²) < 4.78 is 5.62. The van der Waals surface area contributed by atoms with Crippen molar-refractivity contribution in [2.24, 2.45) is 0 Å². The van der Waals surface area contributed by atoms with E-state index in [9.17, 15) is 9.59 Å². The van der Waals surface area contributed by atoms with Gasteiger partial charge in [0.2, 0.25) is 5.91 Å². The van der Waals surface area contributed by atoms with Crippen LogP contribution in [-0.4, -0.2) is 49.5 Å². The van der Waals surface area contributed by atoms with E-state index in [0.29, 0.717) is 12.2 Å². The molecule has 0 unspecified atom stereocenters. The van der Waals surface area contributed by atoms with Crippen LogP contribution < -0.4 is 15.0 Å². The Kier molecular flexibility index (Phi) is 7.78. The van der Waals surface area contributed by atoms with Crippen molar-refractivity contribution >= 4 is 23.2 Å². The monoisotopic (exact) mass is 437 g/mol. The Bertz CT molecular complexity index is 893. The second kappa shape index (κ2) is 10.5. The highest BCUT2D eigenvalue weighted by atomic mass is 16.5. The maximum Gasteiger partial charge on any atom is 0.262 e. The third kappa shape index (κ3) is 6.49. The molecule has 0 bridgehead atoms. The van der Waals surface area contributed by atoms with Gasteiger partial charge < -0.3 is 19.9 Å². The van der Waals surface area contributed by atoms with E-state index < -0.39 is 0 Å². The van der Waals surface area contributed by atoms with Gasteiger partial charge in [0.15, 0.2) is 6.61 Å². The quantitative estimate of drug-likeness (QED) is 0.695. The largest absolute Gasteiger partial charge is 0.484 e. The summed E-state index contributed by atoms with van der Waals surface area (Å²) in [5.41, 5.74) is 3.15. The van der Waals surface area contributed by atoms with Crippen LogP contribution >= 0.6 is 0 Å². The summed E-state index contributed by atoms with van der Waals surface area (Å²) in [5.74, 6) is 0.735. The lowest BCUT2D eigenvalue weighted by Crippen LogP contribution is -2.48. The molecule has 0 aromatic heterocycles. The molecule has 0 spiro atoms. The number of nitrogens with zero attached hydrogens (tertiary/aromatic N) is 2. The first-order valence-corrected chi connectivity index (χ1v) is 11.4. The summed E-state index contributed by atoms with van der Waals surface area (Å²) in [7, 11) is 0. The van der Waals surface area contributed by atoms with E-state index >= 15 is 0 Å². The maximum atomic E-state index is 12.3. The van der Waals surface area contributed by atoms with Crippen LogP contribution in [0.15, 0.2) is 48.5 Å². The lowest BCUT2D eigenvalue weighted by molar-refractivity contribution is -0.131. The lowest BCUT2D eigenvalue weighted by Gasteiger charge is -2.36. The van der Waals surface area contributed by atoms with Crippen LogP contribution in [-0.2, 0) is 15.0 Å². The number of carbonyl (C=O) groups excluding carboxylic acids is 2. The number of benzene rings is 2. The highest BCUT2D eigenvalue weighted by Crippen LogP contribution is 2.24. The Labute approximate surface area is 191 Å². The third-order valence-electron chi connectivity index (χ3n) is 5.70. The molecule has 0 atom stereocenters. The fourth-order valence-corrected chi connectivity index (χ4v) is 3.74. The number of amides is 2. The molecule has 2 amide bonds. The van der Waals surface area contributed by atoms with E-state index in [1.807, 2.05) is 60.4 Å². The van der Waals surface area contributed by atoms with E-state index in [-0.39, 0.29) is 23.8 Å². The van der Waals surface area contributed by atoms with Crippen molar-refractivity contribution in [3.8, 4) is 5.75 Å². The number of ether oxygens (including phenoxy) is 1. The van der Waals surface area contributed by atoms with Crippen molar-refractivity contribution in [3.63, 3.8) is 0 Å². The Morgan fingerprint density at radius 1 is 0.938 bits per heavy atom. The molecule has 0 saturated carbocycles. The van der Waals surface area contributed by atoms with Gasteiger partial charge in [-0.15, -0.1) is 0 Å². The molecule has 0 aliphatic carbocycles. The van der Waals surface area contributed by atoms with Gasteiger partial charge in [0.05, 0.1) is 0 Å². The zero-order chi connectivity index (χ0) is 23.1. The minimum absolute atomic E-state index is 0.0373. The van der Waals surface area contributed by atoms with Gasteiger partial charge in [-0.1, -0.05) is 39.8 Å². The molecule has 6 nitrogen and oxygen atoms in total. The highest BCUT2D eigenvalue weighted by molar-refractivity contribution is 5.92. The zero-order valence-electron chi connectivity index (χ0n) is 19.7. The van der Waals surface area contributed by atoms with Gasteiger partial charge in [-0.05, 0) is 53.8 Å². The molecule has 172 valence electrons. The first kappa shape index (κ1) is 23.6. The van der Waals surface area contributed by atoms with E-state index in [1.54, 1.807) is 0 Å². The summed E-state index contributed by atoms with van der Waals surface area (Å²) in [4.78, 5) is 28.5. The van der Waals surface area contributed by atoms with Crippen LogP contribution in [0.4, 0.5) is 11.4 Å². The second-order valence-electron chi connectivity index (χ2n) is 9.28. The van der Waals surface area contributed by atoms with Gasteiger partial charge in [0.25, 0.3) is 5.91 Å². The Balaban J connectivity index is 1.45. The predicted octanol–water partition coefficient (Wildman–Crippen LogP) is 4.45. The summed E-state index contributed by atoms with van der Waals surface area (Å²) in [6, 6.07) is 15.7. The molecule has 6 heteroatoms. The third-order valence-corrected chi connectivity index (χ3v) is 5.70. The molecule has 0 radical (unpaired) electrons. The van der Waals surface area contributed by atoms with Crippen molar-refractivity contribution < 1.29 is 14.3 Å². The maximum absolute atomic E-state index is 12.3. The van der Waals surface area contributed by atoms with E-state index in [0.717, 1.165) is 44.0 Å². The topological polar surface area (TPSA) is 61.9 Å². The lowest BCUT2D eigenvalue weighted by atomic mass is 9.87. The second-order valence-corrected chi connectivity index (χ2v) is 9.28. The summed E-state index contributed by atoms with van der Waals surface area (Å²) in [5, 5.41) is 2.88. The van der Waals surface area contributed by atoms with Crippen molar-refractivity contribution in [2.75, 3.05) is 43.0 Å². The van der Waals surface area contributed by atoms with Crippen LogP contribution in [0.25, 0.3) is 0 Å². The summed E-state index contributed by atoms with van der Waals surface area (Å²) in [6.07, 6.45) is 1.51. The van der Waals surface area contributed by atoms with Crippen molar-refractivity contribution in [3.05, 3.63) is 54.1 Å². The first-order valence-electron chi connectivity index (χ1n) is 11.4. The molecule has 1 aliphatic rings. The normalized spacial score (nSPS) is 14.2. The smallest absolute Gasteiger partial charge is 0.262 e. The van der Waals surface area contributed by atoms with Crippen LogP contribution in [0.5, 0.6) is 5.75 Å². The van der Waals surface area contributed by atoms with Gasteiger partial charge in [-0.25, -0.2) is 0 Å². The molecule has 1 saturated heterocycles. The molecule has 1 fully saturated rings. The van der Waals surface area contributed by atoms with Crippen molar-refractivity contribution in [1.29, 1.82) is 0 Å². The van der Waals surface area contributed by atoms with Crippen LogP contribution in [0, 0.1) is 0 Å². The fourth-order valence-electron chi connectivity index (χ4n) is 3.74.